The molecule has 0 spiro atoms. The summed E-state index contributed by atoms with van der Waals surface area (Å²) in [6, 6.07) is 11.4. The lowest BCUT2D eigenvalue weighted by molar-refractivity contribution is -0.116. The molecule has 0 saturated heterocycles. The van der Waals surface area contributed by atoms with E-state index in [1.807, 2.05) is 32.9 Å². The van der Waals surface area contributed by atoms with Crippen LogP contribution in [0.25, 0.3) is 0 Å². The molecule has 2 aromatic carbocycles. The maximum Gasteiger partial charge on any atom is 0.228 e. The second-order valence-electron chi connectivity index (χ2n) is 5.88. The lowest BCUT2D eigenvalue weighted by Gasteiger charge is -2.13. The Morgan fingerprint density at radius 3 is 2.00 bits per heavy atom. The van der Waals surface area contributed by atoms with Gasteiger partial charge in [-0.05, 0) is 49.6 Å². The topological polar surface area (TPSA) is 58.2 Å². The van der Waals surface area contributed by atoms with Crippen molar-refractivity contribution in [3.63, 3.8) is 0 Å². The highest BCUT2D eigenvalue weighted by molar-refractivity contribution is 5.94. The Labute approximate surface area is 136 Å². The third-order valence-corrected chi connectivity index (χ3v) is 3.58. The van der Waals surface area contributed by atoms with E-state index in [1.54, 1.807) is 12.1 Å². The molecule has 23 heavy (non-hydrogen) atoms. The third kappa shape index (κ3) is 4.68. The van der Waals surface area contributed by atoms with Crippen molar-refractivity contribution >= 4 is 23.2 Å². The SMILES string of the molecule is CC(=O)Nc1ccc(CC(=O)Nc2c(C)cc(C)cc2C)cc1. The molecule has 0 unspecified atom stereocenters. The predicted molar refractivity (Wildman–Crippen MR) is 93.7 cm³/mol. The Balaban J connectivity index is 2.04. The maximum atomic E-state index is 12.3. The Bertz CT molecular complexity index is 711. The largest absolute Gasteiger partial charge is 0.326 e. The molecule has 0 aliphatic carbocycles. The highest BCUT2D eigenvalue weighted by Crippen LogP contribution is 2.22. The van der Waals surface area contributed by atoms with Crippen molar-refractivity contribution in [2.45, 2.75) is 34.1 Å². The van der Waals surface area contributed by atoms with Crippen LogP contribution in [0.15, 0.2) is 36.4 Å². The van der Waals surface area contributed by atoms with Crippen LogP contribution in [0.1, 0.15) is 29.2 Å². The molecule has 0 atom stereocenters. The molecule has 2 rings (SSSR count). The fraction of sp³-hybridized carbons (Fsp3) is 0.263. The van der Waals surface area contributed by atoms with Crippen LogP contribution in [0.5, 0.6) is 0 Å². The maximum absolute atomic E-state index is 12.3. The summed E-state index contributed by atoms with van der Waals surface area (Å²) in [4.78, 5) is 23.2. The zero-order valence-electron chi connectivity index (χ0n) is 14.0. The lowest BCUT2D eigenvalue weighted by atomic mass is 10.0. The molecule has 2 aromatic rings. The molecule has 4 heteroatoms. The van der Waals surface area contributed by atoms with Crippen molar-refractivity contribution in [2.24, 2.45) is 0 Å². The van der Waals surface area contributed by atoms with E-state index in [1.165, 1.54) is 12.5 Å². The number of hydrogen-bond donors (Lipinski definition) is 2. The molecule has 0 radical (unpaired) electrons. The number of carbonyl (C=O) groups is 2. The standard InChI is InChI=1S/C19H22N2O2/c1-12-9-13(2)19(14(3)10-12)21-18(23)11-16-5-7-17(8-6-16)20-15(4)22/h5-10H,11H2,1-4H3,(H,20,22)(H,21,23). The van der Waals surface area contributed by atoms with Gasteiger partial charge in [-0.2, -0.15) is 0 Å². The van der Waals surface area contributed by atoms with Crippen LogP contribution < -0.4 is 10.6 Å². The molecular formula is C19H22N2O2. The fourth-order valence-electron chi connectivity index (χ4n) is 2.66. The summed E-state index contributed by atoms with van der Waals surface area (Å²) in [7, 11) is 0. The third-order valence-electron chi connectivity index (χ3n) is 3.58. The van der Waals surface area contributed by atoms with Gasteiger partial charge in [-0.1, -0.05) is 29.8 Å². The monoisotopic (exact) mass is 310 g/mol. The minimum atomic E-state index is -0.110. The average Bonchev–Trinajstić information content (AvgIpc) is 2.44. The number of carbonyl (C=O) groups excluding carboxylic acids is 2. The van der Waals surface area contributed by atoms with Crippen LogP contribution in [-0.4, -0.2) is 11.8 Å². The van der Waals surface area contributed by atoms with Crippen molar-refractivity contribution < 1.29 is 9.59 Å². The highest BCUT2D eigenvalue weighted by atomic mass is 16.2. The quantitative estimate of drug-likeness (QED) is 0.903. The first kappa shape index (κ1) is 16.7. The summed E-state index contributed by atoms with van der Waals surface area (Å²) in [6.45, 7) is 7.51. The summed E-state index contributed by atoms with van der Waals surface area (Å²) in [6.07, 6.45) is 0.299. The number of amides is 2. The lowest BCUT2D eigenvalue weighted by Crippen LogP contribution is -2.16. The summed E-state index contributed by atoms with van der Waals surface area (Å²) in [5.74, 6) is -0.159. The minimum Gasteiger partial charge on any atom is -0.326 e. The van der Waals surface area contributed by atoms with Gasteiger partial charge in [0.05, 0.1) is 6.42 Å². The van der Waals surface area contributed by atoms with Gasteiger partial charge in [0.15, 0.2) is 0 Å². The average molecular weight is 310 g/mol. The Hall–Kier alpha value is -2.62. The van der Waals surface area contributed by atoms with Gasteiger partial charge in [0, 0.05) is 18.3 Å². The molecule has 120 valence electrons. The number of rotatable bonds is 4. The molecule has 0 aliphatic heterocycles. The Morgan fingerprint density at radius 1 is 0.913 bits per heavy atom. The summed E-state index contributed by atoms with van der Waals surface area (Å²) in [5.41, 5.74) is 5.83. The van der Waals surface area contributed by atoms with E-state index in [0.29, 0.717) is 6.42 Å². The van der Waals surface area contributed by atoms with Gasteiger partial charge in [0.2, 0.25) is 11.8 Å². The number of anilines is 2. The van der Waals surface area contributed by atoms with Crippen molar-refractivity contribution in [1.29, 1.82) is 0 Å². The van der Waals surface area contributed by atoms with E-state index in [0.717, 1.165) is 28.1 Å². The molecule has 4 nitrogen and oxygen atoms in total. The van der Waals surface area contributed by atoms with Gasteiger partial charge in [-0.3, -0.25) is 9.59 Å². The molecule has 0 aromatic heterocycles. The molecule has 0 fully saturated rings. The first-order valence-electron chi connectivity index (χ1n) is 7.59. The minimum absolute atomic E-state index is 0.0488. The Morgan fingerprint density at radius 2 is 1.48 bits per heavy atom. The van der Waals surface area contributed by atoms with Gasteiger partial charge in [0.25, 0.3) is 0 Å². The van der Waals surface area contributed by atoms with Gasteiger partial charge < -0.3 is 10.6 Å². The van der Waals surface area contributed by atoms with Crippen molar-refractivity contribution in [2.75, 3.05) is 10.6 Å². The van der Waals surface area contributed by atoms with Crippen LogP contribution in [0.2, 0.25) is 0 Å². The zero-order chi connectivity index (χ0) is 17.0. The number of nitrogens with one attached hydrogen (secondary N) is 2. The van der Waals surface area contributed by atoms with Gasteiger partial charge in [-0.15, -0.1) is 0 Å². The van der Waals surface area contributed by atoms with Crippen LogP contribution in [0, 0.1) is 20.8 Å². The van der Waals surface area contributed by atoms with E-state index in [9.17, 15) is 9.59 Å². The first-order valence-corrected chi connectivity index (χ1v) is 7.59. The Kier molecular flexibility index (Phi) is 5.16. The van der Waals surface area contributed by atoms with Crippen molar-refractivity contribution in [1.82, 2.24) is 0 Å². The second kappa shape index (κ2) is 7.09. The molecule has 0 bridgehead atoms. The normalized spacial score (nSPS) is 10.3. The van der Waals surface area contributed by atoms with E-state index >= 15 is 0 Å². The molecule has 0 saturated carbocycles. The second-order valence-corrected chi connectivity index (χ2v) is 5.88. The summed E-state index contributed by atoms with van der Waals surface area (Å²) < 4.78 is 0. The molecular weight excluding hydrogens is 288 g/mol. The van der Waals surface area contributed by atoms with Crippen LogP contribution in [-0.2, 0) is 16.0 Å². The first-order chi connectivity index (χ1) is 10.8. The zero-order valence-corrected chi connectivity index (χ0v) is 14.0. The van der Waals surface area contributed by atoms with Crippen LogP contribution in [0.3, 0.4) is 0 Å². The van der Waals surface area contributed by atoms with E-state index in [2.05, 4.69) is 22.8 Å². The molecule has 2 N–H and O–H groups in total. The van der Waals surface area contributed by atoms with Crippen LogP contribution in [0.4, 0.5) is 11.4 Å². The van der Waals surface area contributed by atoms with Gasteiger partial charge in [-0.25, -0.2) is 0 Å². The fourth-order valence-corrected chi connectivity index (χ4v) is 2.66. The van der Waals surface area contributed by atoms with E-state index in [4.69, 9.17) is 0 Å². The summed E-state index contributed by atoms with van der Waals surface area (Å²) in [5, 5.41) is 5.70. The van der Waals surface area contributed by atoms with Gasteiger partial charge in [0.1, 0.15) is 0 Å². The molecule has 0 heterocycles. The molecule has 2 amide bonds. The number of hydrogen-bond acceptors (Lipinski definition) is 2. The van der Waals surface area contributed by atoms with Crippen molar-refractivity contribution in [3.8, 4) is 0 Å². The predicted octanol–water partition coefficient (Wildman–Crippen LogP) is 3.75. The number of benzene rings is 2. The van der Waals surface area contributed by atoms with E-state index < -0.39 is 0 Å². The highest BCUT2D eigenvalue weighted by Gasteiger charge is 2.09. The molecule has 0 aliphatic rings. The van der Waals surface area contributed by atoms with Crippen LogP contribution >= 0.6 is 0 Å². The van der Waals surface area contributed by atoms with Gasteiger partial charge >= 0.3 is 0 Å². The smallest absolute Gasteiger partial charge is 0.228 e. The summed E-state index contributed by atoms with van der Waals surface area (Å²) >= 11 is 0. The van der Waals surface area contributed by atoms with E-state index in [-0.39, 0.29) is 11.8 Å². The number of aryl methyl sites for hydroxylation is 3. The van der Waals surface area contributed by atoms with Crippen molar-refractivity contribution in [3.05, 3.63) is 58.7 Å².